The molecule has 76 valence electrons. The van der Waals surface area contributed by atoms with Crippen LogP contribution in [0.3, 0.4) is 0 Å². The zero-order valence-corrected chi connectivity index (χ0v) is 8.76. The summed E-state index contributed by atoms with van der Waals surface area (Å²) in [6, 6.07) is 5.70. The van der Waals surface area contributed by atoms with Gasteiger partial charge in [-0.25, -0.2) is 4.39 Å². The number of hydrogen-bond donors (Lipinski definition) is 0. The van der Waals surface area contributed by atoms with Crippen LogP contribution >= 0.6 is 0 Å². The Morgan fingerprint density at radius 3 is 2.79 bits per heavy atom. The second-order valence-corrected chi connectivity index (χ2v) is 4.23. The van der Waals surface area contributed by atoms with Gasteiger partial charge in [-0.1, -0.05) is 6.07 Å². The Hall–Kier alpha value is -0.890. The van der Waals surface area contributed by atoms with E-state index in [2.05, 4.69) is 18.7 Å². The van der Waals surface area contributed by atoms with Crippen molar-refractivity contribution in [3.8, 4) is 0 Å². The summed E-state index contributed by atoms with van der Waals surface area (Å²) in [6.07, 6.45) is 1.05. The third-order valence-electron chi connectivity index (χ3n) is 2.94. The lowest BCUT2D eigenvalue weighted by Crippen LogP contribution is -2.35. The molecular formula is C12H16FN. The van der Waals surface area contributed by atoms with Gasteiger partial charge in [-0.3, -0.25) is 4.90 Å². The van der Waals surface area contributed by atoms with Crippen LogP contribution in [-0.4, -0.2) is 17.5 Å². The number of nitrogens with zero attached hydrogens (tertiary/aromatic N) is 1. The molecular weight excluding hydrogens is 177 g/mol. The standard InChI is InChI=1S/C12H16FN/c1-9(2)14-6-5-10-3-4-12(13)7-11(10)8-14/h3-4,7,9H,5-6,8H2,1-2H3. The van der Waals surface area contributed by atoms with Crippen LogP contribution in [0.2, 0.25) is 0 Å². The second-order valence-electron chi connectivity index (χ2n) is 4.23. The van der Waals surface area contributed by atoms with E-state index < -0.39 is 0 Å². The van der Waals surface area contributed by atoms with Crippen LogP contribution in [0.25, 0.3) is 0 Å². The molecule has 0 fully saturated rings. The Bertz CT molecular complexity index is 333. The van der Waals surface area contributed by atoms with Crippen molar-refractivity contribution in [3.63, 3.8) is 0 Å². The third kappa shape index (κ3) is 1.80. The monoisotopic (exact) mass is 193 g/mol. The lowest BCUT2D eigenvalue weighted by atomic mass is 9.99. The molecule has 0 N–H and O–H groups in total. The number of benzene rings is 1. The van der Waals surface area contributed by atoms with E-state index in [1.165, 1.54) is 5.56 Å². The molecule has 2 heteroatoms. The summed E-state index contributed by atoms with van der Waals surface area (Å²) in [5.41, 5.74) is 2.47. The molecule has 0 radical (unpaired) electrons. The Morgan fingerprint density at radius 1 is 1.29 bits per heavy atom. The van der Waals surface area contributed by atoms with E-state index in [4.69, 9.17) is 0 Å². The Labute approximate surface area is 84.5 Å². The molecule has 0 unspecified atom stereocenters. The summed E-state index contributed by atoms with van der Waals surface area (Å²) < 4.78 is 13.0. The maximum absolute atomic E-state index is 13.0. The number of hydrogen-bond acceptors (Lipinski definition) is 1. The van der Waals surface area contributed by atoms with E-state index in [1.54, 1.807) is 12.1 Å². The molecule has 0 atom stereocenters. The second kappa shape index (κ2) is 3.70. The SMILES string of the molecule is CC(C)N1CCc2ccc(F)cc2C1. The Morgan fingerprint density at radius 2 is 2.07 bits per heavy atom. The average Bonchev–Trinajstić information content (AvgIpc) is 2.16. The highest BCUT2D eigenvalue weighted by atomic mass is 19.1. The molecule has 1 aromatic rings. The summed E-state index contributed by atoms with van der Waals surface area (Å²) in [6.45, 7) is 6.36. The molecule has 0 saturated carbocycles. The van der Waals surface area contributed by atoms with Gasteiger partial charge in [0, 0.05) is 19.1 Å². The lowest BCUT2D eigenvalue weighted by Gasteiger charge is -2.31. The van der Waals surface area contributed by atoms with Crippen molar-refractivity contribution in [2.24, 2.45) is 0 Å². The molecule has 1 heterocycles. The van der Waals surface area contributed by atoms with E-state index >= 15 is 0 Å². The first-order valence-electron chi connectivity index (χ1n) is 5.18. The highest BCUT2D eigenvalue weighted by molar-refractivity contribution is 5.29. The van der Waals surface area contributed by atoms with Gasteiger partial charge in [0.2, 0.25) is 0 Å². The molecule has 0 aromatic heterocycles. The summed E-state index contributed by atoms with van der Waals surface area (Å²) >= 11 is 0. The summed E-state index contributed by atoms with van der Waals surface area (Å²) in [5.74, 6) is -0.116. The van der Waals surface area contributed by atoms with Crippen LogP contribution in [0, 0.1) is 5.82 Å². The molecule has 14 heavy (non-hydrogen) atoms. The predicted octanol–water partition coefficient (Wildman–Crippen LogP) is 2.59. The molecule has 2 rings (SSSR count). The van der Waals surface area contributed by atoms with Crippen molar-refractivity contribution in [2.45, 2.75) is 32.9 Å². The maximum Gasteiger partial charge on any atom is 0.123 e. The summed E-state index contributed by atoms with van der Waals surface area (Å²) in [4.78, 5) is 2.38. The van der Waals surface area contributed by atoms with Gasteiger partial charge in [0.1, 0.15) is 5.82 Å². The fraction of sp³-hybridized carbons (Fsp3) is 0.500. The fourth-order valence-electron chi connectivity index (χ4n) is 1.99. The topological polar surface area (TPSA) is 3.24 Å². The van der Waals surface area contributed by atoms with Gasteiger partial charge >= 0.3 is 0 Å². The first-order valence-corrected chi connectivity index (χ1v) is 5.18. The molecule has 1 aliphatic rings. The molecule has 1 nitrogen and oxygen atoms in total. The lowest BCUT2D eigenvalue weighted by molar-refractivity contribution is 0.203. The van der Waals surface area contributed by atoms with Crippen molar-refractivity contribution in [1.82, 2.24) is 4.90 Å². The van der Waals surface area contributed by atoms with Gasteiger partial charge in [0.15, 0.2) is 0 Å². The van der Waals surface area contributed by atoms with Gasteiger partial charge in [-0.15, -0.1) is 0 Å². The summed E-state index contributed by atoms with van der Waals surface area (Å²) in [5, 5.41) is 0. The zero-order chi connectivity index (χ0) is 10.1. The molecule has 0 aliphatic carbocycles. The first-order chi connectivity index (χ1) is 6.66. The third-order valence-corrected chi connectivity index (χ3v) is 2.94. The molecule has 0 spiro atoms. The van der Waals surface area contributed by atoms with Gasteiger partial charge in [0.25, 0.3) is 0 Å². The van der Waals surface area contributed by atoms with E-state index in [9.17, 15) is 4.39 Å². The van der Waals surface area contributed by atoms with E-state index in [0.29, 0.717) is 6.04 Å². The van der Waals surface area contributed by atoms with Crippen LogP contribution in [0.1, 0.15) is 25.0 Å². The van der Waals surface area contributed by atoms with Gasteiger partial charge in [-0.05, 0) is 43.5 Å². The molecule has 1 aliphatic heterocycles. The normalized spacial score (nSPS) is 17.1. The summed E-state index contributed by atoms with van der Waals surface area (Å²) in [7, 11) is 0. The molecule has 0 saturated heterocycles. The fourth-order valence-corrected chi connectivity index (χ4v) is 1.99. The van der Waals surface area contributed by atoms with Crippen molar-refractivity contribution < 1.29 is 4.39 Å². The van der Waals surface area contributed by atoms with Gasteiger partial charge < -0.3 is 0 Å². The Kier molecular flexibility index (Phi) is 2.55. The van der Waals surface area contributed by atoms with Crippen molar-refractivity contribution >= 4 is 0 Å². The smallest absolute Gasteiger partial charge is 0.123 e. The van der Waals surface area contributed by atoms with Crippen LogP contribution in [-0.2, 0) is 13.0 Å². The highest BCUT2D eigenvalue weighted by Crippen LogP contribution is 2.21. The first kappa shape index (κ1) is 9.66. The maximum atomic E-state index is 13.0. The zero-order valence-electron chi connectivity index (χ0n) is 8.76. The predicted molar refractivity (Wildman–Crippen MR) is 55.7 cm³/mol. The van der Waals surface area contributed by atoms with Crippen LogP contribution in [0.15, 0.2) is 18.2 Å². The van der Waals surface area contributed by atoms with Crippen LogP contribution < -0.4 is 0 Å². The molecule has 0 bridgehead atoms. The van der Waals surface area contributed by atoms with Crippen molar-refractivity contribution in [2.75, 3.05) is 6.54 Å². The number of rotatable bonds is 1. The van der Waals surface area contributed by atoms with E-state index in [1.807, 2.05) is 6.07 Å². The highest BCUT2D eigenvalue weighted by Gasteiger charge is 2.18. The van der Waals surface area contributed by atoms with Gasteiger partial charge in [-0.2, -0.15) is 0 Å². The quantitative estimate of drug-likeness (QED) is 0.662. The van der Waals surface area contributed by atoms with E-state index in [0.717, 1.165) is 25.1 Å². The van der Waals surface area contributed by atoms with Crippen LogP contribution in [0.4, 0.5) is 4.39 Å². The van der Waals surface area contributed by atoms with Crippen LogP contribution in [0.5, 0.6) is 0 Å². The number of halogens is 1. The Balaban J connectivity index is 2.24. The molecule has 1 aromatic carbocycles. The largest absolute Gasteiger partial charge is 0.296 e. The van der Waals surface area contributed by atoms with E-state index in [-0.39, 0.29) is 5.82 Å². The minimum atomic E-state index is -0.116. The number of fused-ring (bicyclic) bond motifs is 1. The van der Waals surface area contributed by atoms with Crippen molar-refractivity contribution in [1.29, 1.82) is 0 Å². The van der Waals surface area contributed by atoms with Crippen molar-refractivity contribution in [3.05, 3.63) is 35.1 Å². The average molecular weight is 193 g/mol. The molecule has 0 amide bonds. The minimum Gasteiger partial charge on any atom is -0.296 e. The minimum absolute atomic E-state index is 0.116. The van der Waals surface area contributed by atoms with Gasteiger partial charge in [0.05, 0.1) is 0 Å².